The summed E-state index contributed by atoms with van der Waals surface area (Å²) in [6.45, 7) is 4.49. The second-order valence-corrected chi connectivity index (χ2v) is 5.23. The third-order valence-electron chi connectivity index (χ3n) is 3.56. The fourth-order valence-corrected chi connectivity index (χ4v) is 2.31. The molecule has 1 aliphatic heterocycles. The lowest BCUT2D eigenvalue weighted by molar-refractivity contribution is -0.144. The van der Waals surface area contributed by atoms with E-state index in [0.717, 1.165) is 25.2 Å². The van der Waals surface area contributed by atoms with Crippen molar-refractivity contribution in [3.63, 3.8) is 0 Å². The van der Waals surface area contributed by atoms with Gasteiger partial charge < -0.3 is 10.4 Å². The SMILES string of the molecule is CC(C(=O)O)C(=O)Nc1cccc(CN2CCCC2)c1. The van der Waals surface area contributed by atoms with Gasteiger partial charge in [-0.1, -0.05) is 12.1 Å². The minimum Gasteiger partial charge on any atom is -0.481 e. The summed E-state index contributed by atoms with van der Waals surface area (Å²) in [7, 11) is 0. The molecule has 0 radical (unpaired) electrons. The van der Waals surface area contributed by atoms with Crippen molar-refractivity contribution in [3.05, 3.63) is 29.8 Å². The topological polar surface area (TPSA) is 69.6 Å². The van der Waals surface area contributed by atoms with Crippen LogP contribution in [0.15, 0.2) is 24.3 Å². The molecular weight excluding hydrogens is 256 g/mol. The van der Waals surface area contributed by atoms with Crippen molar-refractivity contribution in [1.29, 1.82) is 0 Å². The molecule has 0 aliphatic carbocycles. The highest BCUT2D eigenvalue weighted by Crippen LogP contribution is 2.16. The second kappa shape index (κ2) is 6.52. The quantitative estimate of drug-likeness (QED) is 0.806. The van der Waals surface area contributed by atoms with E-state index < -0.39 is 17.8 Å². The van der Waals surface area contributed by atoms with Crippen LogP contribution in [0.3, 0.4) is 0 Å². The Morgan fingerprint density at radius 2 is 2.05 bits per heavy atom. The maximum atomic E-state index is 11.7. The maximum Gasteiger partial charge on any atom is 0.315 e. The van der Waals surface area contributed by atoms with E-state index in [9.17, 15) is 9.59 Å². The van der Waals surface area contributed by atoms with Gasteiger partial charge in [0.2, 0.25) is 5.91 Å². The Hall–Kier alpha value is -1.88. The number of benzene rings is 1. The number of aliphatic carboxylic acids is 1. The molecule has 0 bridgehead atoms. The normalized spacial score (nSPS) is 16.9. The fraction of sp³-hybridized carbons (Fsp3) is 0.467. The van der Waals surface area contributed by atoms with E-state index in [-0.39, 0.29) is 0 Å². The molecular formula is C15H20N2O3. The molecule has 1 unspecified atom stereocenters. The lowest BCUT2D eigenvalue weighted by atomic mass is 10.1. The molecule has 0 spiro atoms. The van der Waals surface area contributed by atoms with Crippen molar-refractivity contribution in [2.24, 2.45) is 5.92 Å². The van der Waals surface area contributed by atoms with Crippen LogP contribution in [0.5, 0.6) is 0 Å². The lowest BCUT2D eigenvalue weighted by Crippen LogP contribution is -2.27. The predicted molar refractivity (Wildman–Crippen MR) is 76.4 cm³/mol. The molecule has 2 rings (SSSR count). The molecule has 1 aromatic carbocycles. The summed E-state index contributed by atoms with van der Waals surface area (Å²) in [5.41, 5.74) is 1.78. The molecule has 1 aromatic rings. The zero-order chi connectivity index (χ0) is 14.5. The number of amides is 1. The molecule has 0 saturated carbocycles. The number of nitrogens with one attached hydrogen (secondary N) is 1. The van der Waals surface area contributed by atoms with E-state index in [4.69, 9.17) is 5.11 Å². The minimum atomic E-state index is -1.12. The van der Waals surface area contributed by atoms with Gasteiger partial charge in [0.15, 0.2) is 0 Å². The number of carboxylic acids is 1. The zero-order valence-electron chi connectivity index (χ0n) is 11.6. The van der Waals surface area contributed by atoms with E-state index in [0.29, 0.717) is 5.69 Å². The van der Waals surface area contributed by atoms with Crippen LogP contribution in [0.25, 0.3) is 0 Å². The Morgan fingerprint density at radius 1 is 1.35 bits per heavy atom. The van der Waals surface area contributed by atoms with Crippen molar-refractivity contribution in [3.8, 4) is 0 Å². The van der Waals surface area contributed by atoms with Crippen molar-refractivity contribution in [2.45, 2.75) is 26.3 Å². The molecule has 2 N–H and O–H groups in total. The van der Waals surface area contributed by atoms with Crippen molar-refractivity contribution < 1.29 is 14.7 Å². The van der Waals surface area contributed by atoms with Crippen LogP contribution in [-0.4, -0.2) is 35.0 Å². The third kappa shape index (κ3) is 3.81. The second-order valence-electron chi connectivity index (χ2n) is 5.23. The van der Waals surface area contributed by atoms with Crippen LogP contribution >= 0.6 is 0 Å². The van der Waals surface area contributed by atoms with Gasteiger partial charge in [-0.25, -0.2) is 0 Å². The number of hydrogen-bond acceptors (Lipinski definition) is 3. The summed E-state index contributed by atoms with van der Waals surface area (Å²) in [6, 6.07) is 7.59. The zero-order valence-corrected chi connectivity index (χ0v) is 11.6. The number of rotatable bonds is 5. The number of likely N-dealkylation sites (tertiary alicyclic amines) is 1. The average Bonchev–Trinajstić information content (AvgIpc) is 2.91. The van der Waals surface area contributed by atoms with Crippen LogP contribution in [0.2, 0.25) is 0 Å². The Bertz CT molecular complexity index is 496. The first-order chi connectivity index (χ1) is 9.56. The molecule has 1 fully saturated rings. The first kappa shape index (κ1) is 14.5. The third-order valence-corrected chi connectivity index (χ3v) is 3.56. The summed E-state index contributed by atoms with van der Waals surface area (Å²) >= 11 is 0. The summed E-state index contributed by atoms with van der Waals surface area (Å²) < 4.78 is 0. The van der Waals surface area contributed by atoms with E-state index >= 15 is 0 Å². The Kier molecular flexibility index (Phi) is 4.74. The van der Waals surface area contributed by atoms with Gasteiger partial charge >= 0.3 is 5.97 Å². The van der Waals surface area contributed by atoms with E-state index in [1.165, 1.54) is 19.8 Å². The van der Waals surface area contributed by atoms with Gasteiger partial charge in [0, 0.05) is 12.2 Å². The predicted octanol–water partition coefficient (Wildman–Crippen LogP) is 1.94. The van der Waals surface area contributed by atoms with Gasteiger partial charge in [0.05, 0.1) is 0 Å². The highest BCUT2D eigenvalue weighted by molar-refractivity contribution is 6.03. The summed E-state index contributed by atoms with van der Waals surface area (Å²) in [5, 5.41) is 11.5. The van der Waals surface area contributed by atoms with Gasteiger partial charge in [-0.2, -0.15) is 0 Å². The Balaban J connectivity index is 1.98. The van der Waals surface area contributed by atoms with Crippen molar-refractivity contribution in [1.82, 2.24) is 4.90 Å². The highest BCUT2D eigenvalue weighted by Gasteiger charge is 2.20. The summed E-state index contributed by atoms with van der Waals surface area (Å²) in [6.07, 6.45) is 2.49. The van der Waals surface area contributed by atoms with Gasteiger partial charge in [-0.3, -0.25) is 14.5 Å². The van der Waals surface area contributed by atoms with E-state index in [1.54, 1.807) is 6.07 Å². The van der Waals surface area contributed by atoms with Crippen LogP contribution in [0.4, 0.5) is 5.69 Å². The molecule has 1 amide bonds. The molecule has 1 heterocycles. The lowest BCUT2D eigenvalue weighted by Gasteiger charge is -2.15. The monoisotopic (exact) mass is 276 g/mol. The fourth-order valence-electron chi connectivity index (χ4n) is 2.31. The van der Waals surface area contributed by atoms with Crippen LogP contribution in [0.1, 0.15) is 25.3 Å². The average molecular weight is 276 g/mol. The molecule has 0 aromatic heterocycles. The van der Waals surface area contributed by atoms with Crippen LogP contribution in [0, 0.1) is 5.92 Å². The minimum absolute atomic E-state index is 0.490. The maximum absolute atomic E-state index is 11.7. The van der Waals surface area contributed by atoms with Gasteiger partial charge in [-0.05, 0) is 50.6 Å². The number of carbonyl (C=O) groups excluding carboxylic acids is 1. The van der Waals surface area contributed by atoms with E-state index in [2.05, 4.69) is 10.2 Å². The largest absolute Gasteiger partial charge is 0.481 e. The van der Waals surface area contributed by atoms with Crippen LogP contribution < -0.4 is 5.32 Å². The highest BCUT2D eigenvalue weighted by atomic mass is 16.4. The number of hydrogen-bond donors (Lipinski definition) is 2. The van der Waals surface area contributed by atoms with Gasteiger partial charge in [0.1, 0.15) is 5.92 Å². The molecule has 5 nitrogen and oxygen atoms in total. The van der Waals surface area contributed by atoms with Crippen LogP contribution in [-0.2, 0) is 16.1 Å². The van der Waals surface area contributed by atoms with Gasteiger partial charge in [0.25, 0.3) is 0 Å². The number of nitrogens with zero attached hydrogens (tertiary/aromatic N) is 1. The molecule has 20 heavy (non-hydrogen) atoms. The number of anilines is 1. The smallest absolute Gasteiger partial charge is 0.315 e. The number of carboxylic acid groups (broad SMARTS) is 1. The molecule has 1 saturated heterocycles. The van der Waals surface area contributed by atoms with Crippen molar-refractivity contribution in [2.75, 3.05) is 18.4 Å². The molecule has 1 aliphatic rings. The molecule has 1 atom stereocenters. The van der Waals surface area contributed by atoms with Crippen molar-refractivity contribution >= 4 is 17.6 Å². The van der Waals surface area contributed by atoms with E-state index in [1.807, 2.05) is 18.2 Å². The standard InChI is InChI=1S/C15H20N2O3/c1-11(15(19)20)14(18)16-13-6-4-5-12(9-13)10-17-7-2-3-8-17/h4-6,9,11H,2-3,7-8,10H2,1H3,(H,16,18)(H,19,20). The Morgan fingerprint density at radius 3 is 2.70 bits per heavy atom. The molecule has 5 heteroatoms. The summed E-state index contributed by atoms with van der Waals surface area (Å²) in [5.74, 6) is -2.65. The first-order valence-corrected chi connectivity index (χ1v) is 6.91. The number of carbonyl (C=O) groups is 2. The van der Waals surface area contributed by atoms with Gasteiger partial charge in [-0.15, -0.1) is 0 Å². The molecule has 108 valence electrons. The Labute approximate surface area is 118 Å². The summed E-state index contributed by atoms with van der Waals surface area (Å²) in [4.78, 5) is 24.8. The first-order valence-electron chi connectivity index (χ1n) is 6.91.